The van der Waals surface area contributed by atoms with E-state index >= 15 is 0 Å². The van der Waals surface area contributed by atoms with Crippen molar-refractivity contribution in [2.45, 2.75) is 58.1 Å². The summed E-state index contributed by atoms with van der Waals surface area (Å²) in [7, 11) is 0. The summed E-state index contributed by atoms with van der Waals surface area (Å²) in [5.74, 6) is -1.42. The molecule has 3 atom stereocenters. The molecule has 3 unspecified atom stereocenters. The Bertz CT molecular complexity index is 545. The first kappa shape index (κ1) is 20.3. The number of aliphatic hydroxyl groups excluding tert-OH is 1. The normalized spacial score (nSPS) is 16.4. The van der Waals surface area contributed by atoms with Crippen molar-refractivity contribution in [3.05, 3.63) is 35.9 Å². The number of hydrogen-bond acceptors (Lipinski definition) is 4. The number of amides is 1. The Balaban J connectivity index is 2.96. The van der Waals surface area contributed by atoms with Gasteiger partial charge in [0, 0.05) is 12.3 Å². The summed E-state index contributed by atoms with van der Waals surface area (Å²) in [6.07, 6.45) is 0.795. The van der Waals surface area contributed by atoms with Crippen LogP contribution in [0.25, 0.3) is 0 Å². The minimum atomic E-state index is -1.36. The standard InChI is InChI=1S/C19H30N2O3/c1-4-16(22)11-15(10-14-8-6-5-7-9-14)17(23)12-19(21,13(2)3)18(20)24/h5-9,13,15-16,22H,4,10-12,21H2,1-3H3,(H2,20,24). The monoisotopic (exact) mass is 334 g/mol. The van der Waals surface area contributed by atoms with Gasteiger partial charge in [-0.15, -0.1) is 0 Å². The fourth-order valence-corrected chi connectivity index (χ4v) is 2.73. The van der Waals surface area contributed by atoms with Crippen molar-refractivity contribution in [3.8, 4) is 0 Å². The van der Waals surface area contributed by atoms with Crippen molar-refractivity contribution < 1.29 is 14.7 Å². The Hall–Kier alpha value is -1.72. The Morgan fingerprint density at radius 2 is 1.79 bits per heavy atom. The summed E-state index contributed by atoms with van der Waals surface area (Å²) in [5.41, 5.74) is 11.2. The number of rotatable bonds is 10. The Kier molecular flexibility index (Phi) is 7.58. The molecular weight excluding hydrogens is 304 g/mol. The summed E-state index contributed by atoms with van der Waals surface area (Å²) in [6.45, 7) is 5.44. The number of hydrogen-bond donors (Lipinski definition) is 3. The summed E-state index contributed by atoms with van der Waals surface area (Å²) >= 11 is 0. The molecule has 0 fully saturated rings. The van der Waals surface area contributed by atoms with E-state index in [1.807, 2.05) is 37.3 Å². The van der Waals surface area contributed by atoms with Gasteiger partial charge in [0.25, 0.3) is 0 Å². The molecule has 0 aliphatic carbocycles. The lowest BCUT2D eigenvalue weighted by atomic mass is 9.77. The van der Waals surface area contributed by atoms with Crippen molar-refractivity contribution in [2.75, 3.05) is 0 Å². The SMILES string of the molecule is CCC(O)CC(Cc1ccccc1)C(=O)CC(N)(C(N)=O)C(C)C. The van der Waals surface area contributed by atoms with Crippen LogP contribution in [0, 0.1) is 11.8 Å². The van der Waals surface area contributed by atoms with Gasteiger partial charge in [-0.05, 0) is 30.7 Å². The van der Waals surface area contributed by atoms with Crippen LogP contribution in [0.15, 0.2) is 30.3 Å². The number of aliphatic hydroxyl groups is 1. The van der Waals surface area contributed by atoms with E-state index in [9.17, 15) is 14.7 Å². The van der Waals surface area contributed by atoms with E-state index in [-0.39, 0.29) is 24.0 Å². The first-order valence-electron chi connectivity index (χ1n) is 8.54. The molecule has 0 spiro atoms. The molecule has 1 rings (SSSR count). The number of carbonyl (C=O) groups excluding carboxylic acids is 2. The molecule has 24 heavy (non-hydrogen) atoms. The van der Waals surface area contributed by atoms with Crippen molar-refractivity contribution in [2.24, 2.45) is 23.3 Å². The second kappa shape index (κ2) is 8.94. The molecule has 134 valence electrons. The van der Waals surface area contributed by atoms with E-state index in [4.69, 9.17) is 11.5 Å². The highest BCUT2D eigenvalue weighted by molar-refractivity contribution is 5.93. The zero-order valence-corrected chi connectivity index (χ0v) is 14.9. The number of ketones is 1. The Labute approximate surface area is 144 Å². The fraction of sp³-hybridized carbons (Fsp3) is 0.579. The molecule has 0 saturated heterocycles. The van der Waals surface area contributed by atoms with Crippen LogP contribution in [0.1, 0.15) is 45.6 Å². The van der Waals surface area contributed by atoms with Gasteiger partial charge in [0.2, 0.25) is 5.91 Å². The van der Waals surface area contributed by atoms with E-state index in [2.05, 4.69) is 0 Å². The minimum Gasteiger partial charge on any atom is -0.393 e. The van der Waals surface area contributed by atoms with E-state index in [1.54, 1.807) is 13.8 Å². The molecule has 1 amide bonds. The average molecular weight is 334 g/mol. The molecule has 0 radical (unpaired) electrons. The highest BCUT2D eigenvalue weighted by Gasteiger charge is 2.39. The first-order valence-corrected chi connectivity index (χ1v) is 8.54. The quantitative estimate of drug-likeness (QED) is 0.606. The van der Waals surface area contributed by atoms with Crippen LogP contribution in [0.4, 0.5) is 0 Å². The summed E-state index contributed by atoms with van der Waals surface area (Å²) in [4.78, 5) is 24.6. The van der Waals surface area contributed by atoms with Gasteiger partial charge in [-0.3, -0.25) is 9.59 Å². The van der Waals surface area contributed by atoms with Crippen LogP contribution in [-0.4, -0.2) is 28.4 Å². The number of carbonyl (C=O) groups is 2. The van der Waals surface area contributed by atoms with Crippen molar-refractivity contribution in [3.63, 3.8) is 0 Å². The first-order chi connectivity index (χ1) is 11.2. The molecule has 0 aromatic heterocycles. The van der Waals surface area contributed by atoms with Gasteiger partial charge in [-0.25, -0.2) is 0 Å². The molecule has 5 nitrogen and oxygen atoms in total. The lowest BCUT2D eigenvalue weighted by molar-refractivity contribution is -0.132. The highest BCUT2D eigenvalue weighted by atomic mass is 16.3. The topological polar surface area (TPSA) is 106 Å². The molecule has 0 aliphatic heterocycles. The second-order valence-electron chi connectivity index (χ2n) is 6.89. The van der Waals surface area contributed by atoms with Crippen LogP contribution in [0.3, 0.4) is 0 Å². The van der Waals surface area contributed by atoms with Crippen LogP contribution in [0.2, 0.25) is 0 Å². The predicted octanol–water partition coefficient (Wildman–Crippen LogP) is 1.80. The molecule has 1 aromatic carbocycles. The number of Topliss-reactive ketones (excluding diaryl/α,β-unsaturated/α-hetero) is 1. The third-order valence-corrected chi connectivity index (χ3v) is 4.76. The predicted molar refractivity (Wildman–Crippen MR) is 95.1 cm³/mol. The van der Waals surface area contributed by atoms with Crippen LogP contribution in [-0.2, 0) is 16.0 Å². The summed E-state index contributed by atoms with van der Waals surface area (Å²) in [5, 5.41) is 10.00. The lowest BCUT2D eigenvalue weighted by Gasteiger charge is -2.31. The summed E-state index contributed by atoms with van der Waals surface area (Å²) < 4.78 is 0. The van der Waals surface area contributed by atoms with Crippen molar-refractivity contribution in [1.29, 1.82) is 0 Å². The Morgan fingerprint density at radius 1 is 1.21 bits per heavy atom. The smallest absolute Gasteiger partial charge is 0.238 e. The van der Waals surface area contributed by atoms with Gasteiger partial charge in [0.05, 0.1) is 6.10 Å². The Morgan fingerprint density at radius 3 is 2.25 bits per heavy atom. The van der Waals surface area contributed by atoms with Crippen LogP contribution < -0.4 is 11.5 Å². The van der Waals surface area contributed by atoms with E-state index < -0.39 is 17.6 Å². The van der Waals surface area contributed by atoms with Gasteiger partial charge < -0.3 is 16.6 Å². The molecule has 0 bridgehead atoms. The van der Waals surface area contributed by atoms with Crippen molar-refractivity contribution >= 4 is 11.7 Å². The van der Waals surface area contributed by atoms with Gasteiger partial charge in [0.15, 0.2) is 0 Å². The highest BCUT2D eigenvalue weighted by Crippen LogP contribution is 2.25. The molecule has 5 N–H and O–H groups in total. The van der Waals surface area contributed by atoms with Crippen LogP contribution in [0.5, 0.6) is 0 Å². The number of benzene rings is 1. The maximum atomic E-state index is 12.8. The van der Waals surface area contributed by atoms with E-state index in [0.29, 0.717) is 19.3 Å². The van der Waals surface area contributed by atoms with Gasteiger partial charge in [-0.1, -0.05) is 51.1 Å². The molecule has 5 heteroatoms. The fourth-order valence-electron chi connectivity index (χ4n) is 2.73. The van der Waals surface area contributed by atoms with E-state index in [0.717, 1.165) is 5.56 Å². The minimum absolute atomic E-state index is 0.103. The maximum absolute atomic E-state index is 12.8. The lowest BCUT2D eigenvalue weighted by Crippen LogP contribution is -2.57. The number of nitrogens with two attached hydrogens (primary N) is 2. The molecule has 0 saturated carbocycles. The molecule has 0 heterocycles. The number of primary amides is 1. The van der Waals surface area contributed by atoms with Gasteiger partial charge >= 0.3 is 0 Å². The maximum Gasteiger partial charge on any atom is 0.238 e. The third kappa shape index (κ3) is 5.42. The third-order valence-electron chi connectivity index (χ3n) is 4.76. The van der Waals surface area contributed by atoms with Gasteiger partial charge in [-0.2, -0.15) is 0 Å². The average Bonchev–Trinajstić information content (AvgIpc) is 2.54. The zero-order chi connectivity index (χ0) is 18.3. The largest absolute Gasteiger partial charge is 0.393 e. The van der Waals surface area contributed by atoms with E-state index in [1.165, 1.54) is 0 Å². The van der Waals surface area contributed by atoms with Gasteiger partial charge in [0.1, 0.15) is 11.3 Å². The van der Waals surface area contributed by atoms with Crippen molar-refractivity contribution in [1.82, 2.24) is 0 Å². The van der Waals surface area contributed by atoms with Crippen LogP contribution >= 0.6 is 0 Å². The second-order valence-corrected chi connectivity index (χ2v) is 6.89. The zero-order valence-electron chi connectivity index (χ0n) is 14.9. The molecule has 1 aromatic rings. The molecular formula is C19H30N2O3. The molecule has 0 aliphatic rings. The summed E-state index contributed by atoms with van der Waals surface area (Å²) in [6, 6.07) is 9.64.